The minimum absolute atomic E-state index is 0.0381. The first-order chi connectivity index (χ1) is 17.9. The topological polar surface area (TPSA) is 85.7 Å². The van der Waals surface area contributed by atoms with Crippen LogP contribution in [0.1, 0.15) is 32.7 Å². The molecule has 0 unspecified atom stereocenters. The number of nitrogens with one attached hydrogen (secondary N) is 1. The summed E-state index contributed by atoms with van der Waals surface area (Å²) in [5, 5.41) is 2.88. The minimum atomic E-state index is -4.86. The van der Waals surface area contributed by atoms with Crippen LogP contribution in [0.2, 0.25) is 0 Å². The molecule has 14 heteroatoms. The molecule has 38 heavy (non-hydrogen) atoms. The predicted octanol–water partition coefficient (Wildman–Crippen LogP) is 4.03. The van der Waals surface area contributed by atoms with Crippen molar-refractivity contribution in [2.24, 2.45) is 0 Å². The number of anilines is 1. The summed E-state index contributed by atoms with van der Waals surface area (Å²) < 4.78 is 80.1. The van der Waals surface area contributed by atoms with Crippen molar-refractivity contribution in [3.8, 4) is 5.75 Å². The van der Waals surface area contributed by atoms with Gasteiger partial charge in [-0.3, -0.25) is 9.59 Å². The van der Waals surface area contributed by atoms with Crippen molar-refractivity contribution in [2.75, 3.05) is 19.0 Å². The highest BCUT2D eigenvalue weighted by atomic mass is 19.4. The normalized spacial score (nSPS) is 13.6. The summed E-state index contributed by atoms with van der Waals surface area (Å²) in [6.45, 7) is 0.142. The second-order valence-corrected chi connectivity index (χ2v) is 8.24. The number of ether oxygens (including phenoxy) is 1. The monoisotopic (exact) mass is 542 g/mol. The largest absolute Gasteiger partial charge is 0.573 e. The Morgan fingerprint density at radius 1 is 1.03 bits per heavy atom. The van der Waals surface area contributed by atoms with Crippen molar-refractivity contribution < 1.29 is 40.7 Å². The van der Waals surface area contributed by atoms with Gasteiger partial charge in [0.1, 0.15) is 12.9 Å². The molecule has 1 aromatic heterocycles. The zero-order valence-corrected chi connectivity index (χ0v) is 19.7. The zero-order valence-electron chi connectivity index (χ0n) is 19.7. The van der Waals surface area contributed by atoms with E-state index in [1.54, 1.807) is 0 Å². The number of fused-ring (bicyclic) bond motifs is 1. The molecule has 2 aromatic carbocycles. The van der Waals surface area contributed by atoms with Crippen molar-refractivity contribution in [3.63, 3.8) is 0 Å². The Kier molecular flexibility index (Phi) is 7.24. The van der Waals surface area contributed by atoms with E-state index in [1.165, 1.54) is 36.3 Å². The van der Waals surface area contributed by atoms with Crippen LogP contribution >= 0.6 is 0 Å². The summed E-state index contributed by atoms with van der Waals surface area (Å²) in [5.41, 5.74) is -0.140. The van der Waals surface area contributed by atoms with Crippen LogP contribution in [-0.4, -0.2) is 40.5 Å². The fourth-order valence-corrected chi connectivity index (χ4v) is 3.89. The molecule has 1 N–H and O–H groups in total. The van der Waals surface area contributed by atoms with Crippen LogP contribution in [0, 0.1) is 0 Å². The van der Waals surface area contributed by atoms with E-state index < -0.39 is 35.3 Å². The lowest BCUT2D eigenvalue weighted by Crippen LogP contribution is -2.42. The standard InChI is InChI=1S/C24H20F6N4O4/c1-37-34-21(36)18-13-33(20(35)15-4-8-17(9-5-15)38-24(28,29)30)11-10-19(18)32-22(34)31-12-14-2-6-16(7-3-14)23(25,26)27/h2-9H,10-13H2,1H3,(H,31,32). The third-order valence-corrected chi connectivity index (χ3v) is 5.73. The predicted molar refractivity (Wildman–Crippen MR) is 121 cm³/mol. The fraction of sp³-hybridized carbons (Fsp3) is 0.292. The minimum Gasteiger partial charge on any atom is -0.411 e. The maximum Gasteiger partial charge on any atom is 0.573 e. The number of carbonyl (C=O) groups is 1. The molecular formula is C24H20F6N4O4. The molecule has 8 nitrogen and oxygen atoms in total. The molecule has 0 saturated heterocycles. The number of nitrogens with zero attached hydrogens (tertiary/aromatic N) is 3. The highest BCUT2D eigenvalue weighted by Crippen LogP contribution is 2.29. The number of halogens is 6. The molecule has 1 aliphatic heterocycles. The quantitative estimate of drug-likeness (QED) is 0.474. The number of aromatic nitrogens is 2. The lowest BCUT2D eigenvalue weighted by molar-refractivity contribution is -0.274. The maximum absolute atomic E-state index is 13.1. The molecule has 3 aromatic rings. The molecule has 202 valence electrons. The van der Waals surface area contributed by atoms with E-state index in [-0.39, 0.29) is 43.1 Å². The lowest BCUT2D eigenvalue weighted by Gasteiger charge is -2.29. The number of alkyl halides is 6. The first-order valence-corrected chi connectivity index (χ1v) is 11.1. The van der Waals surface area contributed by atoms with Gasteiger partial charge in [-0.2, -0.15) is 13.2 Å². The van der Waals surface area contributed by atoms with E-state index in [0.29, 0.717) is 11.3 Å². The number of hydrogen-bond acceptors (Lipinski definition) is 6. The van der Waals surface area contributed by atoms with Crippen LogP contribution in [0.15, 0.2) is 53.3 Å². The number of carbonyl (C=O) groups excluding carboxylic acids is 1. The van der Waals surface area contributed by atoms with E-state index in [9.17, 15) is 35.9 Å². The molecule has 0 radical (unpaired) electrons. The smallest absolute Gasteiger partial charge is 0.411 e. The molecule has 1 aliphatic rings. The van der Waals surface area contributed by atoms with Crippen molar-refractivity contribution in [2.45, 2.75) is 32.0 Å². The highest BCUT2D eigenvalue weighted by Gasteiger charge is 2.32. The van der Waals surface area contributed by atoms with Crippen molar-refractivity contribution >= 4 is 11.9 Å². The number of hydrogen-bond donors (Lipinski definition) is 1. The second-order valence-electron chi connectivity index (χ2n) is 8.24. The Morgan fingerprint density at radius 3 is 2.26 bits per heavy atom. The van der Waals surface area contributed by atoms with Gasteiger partial charge in [-0.1, -0.05) is 12.1 Å². The van der Waals surface area contributed by atoms with Crippen LogP contribution in [0.5, 0.6) is 5.75 Å². The Bertz CT molecular complexity index is 1370. The van der Waals surface area contributed by atoms with E-state index in [1.807, 2.05) is 0 Å². The highest BCUT2D eigenvalue weighted by molar-refractivity contribution is 5.94. The van der Waals surface area contributed by atoms with Gasteiger partial charge in [0.25, 0.3) is 11.5 Å². The van der Waals surface area contributed by atoms with Gasteiger partial charge < -0.3 is 19.8 Å². The third-order valence-electron chi connectivity index (χ3n) is 5.73. The Labute approximate surface area is 211 Å². The molecule has 0 saturated carbocycles. The van der Waals surface area contributed by atoms with Gasteiger partial charge in [0.15, 0.2) is 0 Å². The molecule has 0 fully saturated rings. The summed E-state index contributed by atoms with van der Waals surface area (Å²) in [6, 6.07) is 8.92. The average Bonchev–Trinajstić information content (AvgIpc) is 2.86. The van der Waals surface area contributed by atoms with E-state index in [4.69, 9.17) is 4.84 Å². The van der Waals surface area contributed by atoms with Gasteiger partial charge in [0, 0.05) is 25.1 Å². The van der Waals surface area contributed by atoms with Gasteiger partial charge in [-0.25, -0.2) is 4.98 Å². The summed E-state index contributed by atoms with van der Waals surface area (Å²) >= 11 is 0. The molecule has 2 heterocycles. The first-order valence-electron chi connectivity index (χ1n) is 11.1. The van der Waals surface area contributed by atoms with Crippen molar-refractivity contribution in [3.05, 3.63) is 86.8 Å². The van der Waals surface area contributed by atoms with Crippen LogP contribution in [0.25, 0.3) is 0 Å². The van der Waals surface area contributed by atoms with Gasteiger partial charge in [0.05, 0.1) is 23.4 Å². The number of benzene rings is 2. The summed E-state index contributed by atoms with van der Waals surface area (Å²) in [5.74, 6) is -0.931. The Hall–Kier alpha value is -4.23. The SMILES string of the molecule is COn1c(NCc2ccc(C(F)(F)F)cc2)nc2c(c1=O)CN(C(=O)c1ccc(OC(F)(F)F)cc1)CC2. The molecular weight excluding hydrogens is 522 g/mol. The molecule has 0 aliphatic carbocycles. The fourth-order valence-electron chi connectivity index (χ4n) is 3.89. The Balaban J connectivity index is 1.49. The molecule has 4 rings (SSSR count). The summed E-state index contributed by atoms with van der Waals surface area (Å²) in [7, 11) is 1.23. The van der Waals surface area contributed by atoms with Crippen LogP contribution in [0.4, 0.5) is 32.3 Å². The van der Waals surface area contributed by atoms with Gasteiger partial charge in [-0.15, -0.1) is 17.9 Å². The van der Waals surface area contributed by atoms with Gasteiger partial charge >= 0.3 is 12.5 Å². The average molecular weight is 542 g/mol. The Morgan fingerprint density at radius 2 is 1.68 bits per heavy atom. The summed E-state index contributed by atoms with van der Waals surface area (Å²) in [6.07, 6.45) is -9.10. The van der Waals surface area contributed by atoms with Crippen LogP contribution < -0.4 is 20.5 Å². The van der Waals surface area contributed by atoms with Crippen molar-refractivity contribution in [1.29, 1.82) is 0 Å². The number of rotatable bonds is 6. The summed E-state index contributed by atoms with van der Waals surface area (Å²) in [4.78, 5) is 36.9. The maximum atomic E-state index is 13.1. The van der Waals surface area contributed by atoms with Crippen LogP contribution in [0.3, 0.4) is 0 Å². The molecule has 1 amide bonds. The third kappa shape index (κ3) is 6.01. The van der Waals surface area contributed by atoms with E-state index >= 15 is 0 Å². The molecule has 0 atom stereocenters. The van der Waals surface area contributed by atoms with E-state index in [0.717, 1.165) is 29.0 Å². The zero-order chi connectivity index (χ0) is 27.7. The first kappa shape index (κ1) is 26.8. The van der Waals surface area contributed by atoms with Gasteiger partial charge in [-0.05, 0) is 42.0 Å². The van der Waals surface area contributed by atoms with E-state index in [2.05, 4.69) is 15.0 Å². The van der Waals surface area contributed by atoms with Crippen molar-refractivity contribution in [1.82, 2.24) is 14.6 Å². The van der Waals surface area contributed by atoms with Crippen LogP contribution in [-0.2, 0) is 25.7 Å². The second kappa shape index (κ2) is 10.3. The molecule has 0 bridgehead atoms. The van der Waals surface area contributed by atoms with Gasteiger partial charge in [0.2, 0.25) is 5.95 Å². The number of amides is 1. The molecule has 0 spiro atoms. The lowest BCUT2D eigenvalue weighted by atomic mass is 10.1.